The second kappa shape index (κ2) is 6.60. The number of hydrogen-bond donors (Lipinski definition) is 1. The van der Waals surface area contributed by atoms with Gasteiger partial charge in [0.05, 0.1) is 18.2 Å². The van der Waals surface area contributed by atoms with Gasteiger partial charge in [-0.3, -0.25) is 5.10 Å². The molecule has 0 aliphatic rings. The molecule has 0 aliphatic carbocycles. The van der Waals surface area contributed by atoms with E-state index in [4.69, 9.17) is 4.74 Å². The summed E-state index contributed by atoms with van der Waals surface area (Å²) in [5.74, 6) is -0.389. The van der Waals surface area contributed by atoms with Crippen molar-refractivity contribution in [3.8, 4) is 22.6 Å². The van der Waals surface area contributed by atoms with E-state index in [-0.39, 0.29) is 5.82 Å². The number of nitrogens with one attached hydrogen (secondary N) is 1. The van der Waals surface area contributed by atoms with Crippen molar-refractivity contribution in [2.45, 2.75) is 6.92 Å². The second-order valence-corrected chi connectivity index (χ2v) is 6.10. The molecule has 0 unspecified atom stereocenters. The third-order valence-corrected chi connectivity index (χ3v) is 4.28. The second-order valence-electron chi connectivity index (χ2n) is 6.10. The van der Waals surface area contributed by atoms with Gasteiger partial charge in [0.2, 0.25) is 0 Å². The minimum absolute atomic E-state index is 0.329. The molecular weight excluding hydrogens is 347 g/mol. The van der Waals surface area contributed by atoms with Crippen molar-refractivity contribution in [2.75, 3.05) is 7.11 Å². The Hall–Kier alpha value is -3.61. The zero-order chi connectivity index (χ0) is 19.0. The fourth-order valence-electron chi connectivity index (χ4n) is 2.88. The van der Waals surface area contributed by atoms with E-state index >= 15 is 0 Å². The summed E-state index contributed by atoms with van der Waals surface area (Å²) >= 11 is 0. The number of halogens is 1. The summed E-state index contributed by atoms with van der Waals surface area (Å²) in [5, 5.41) is 7.84. The van der Waals surface area contributed by atoms with Gasteiger partial charge in [0.1, 0.15) is 11.5 Å². The lowest BCUT2D eigenvalue weighted by Crippen LogP contribution is -2.00. The number of ether oxygens (including phenoxy) is 1. The van der Waals surface area contributed by atoms with E-state index in [1.54, 1.807) is 42.7 Å². The maximum atomic E-state index is 14.1. The standard InChI is InChI=1S/C20H15FN4O2/c1-11-3-5-16(21)14(7-11)13-9-22-19(23-10-13)18-15-8-12(20(26)27-2)4-6-17(15)24-25-18/h3-10H,1-2H3,(H,24,25). The van der Waals surface area contributed by atoms with Gasteiger partial charge in [-0.1, -0.05) is 11.6 Å². The Labute approximate surface area is 154 Å². The van der Waals surface area contributed by atoms with Crippen LogP contribution >= 0.6 is 0 Å². The molecule has 2 aromatic carbocycles. The summed E-state index contributed by atoms with van der Waals surface area (Å²) in [6.07, 6.45) is 3.12. The van der Waals surface area contributed by atoms with Gasteiger partial charge in [-0.05, 0) is 37.3 Å². The zero-order valence-electron chi connectivity index (χ0n) is 14.7. The molecule has 0 atom stereocenters. The summed E-state index contributed by atoms with van der Waals surface area (Å²) < 4.78 is 18.8. The van der Waals surface area contributed by atoms with Gasteiger partial charge in [-0.2, -0.15) is 5.10 Å². The minimum atomic E-state index is -0.435. The minimum Gasteiger partial charge on any atom is -0.465 e. The van der Waals surface area contributed by atoms with Gasteiger partial charge in [0, 0.05) is 28.9 Å². The lowest BCUT2D eigenvalue weighted by Gasteiger charge is -2.05. The van der Waals surface area contributed by atoms with Crippen molar-refractivity contribution in [3.05, 3.63) is 65.7 Å². The van der Waals surface area contributed by atoms with E-state index in [0.29, 0.717) is 33.6 Å². The molecule has 0 spiro atoms. The first kappa shape index (κ1) is 16.8. The number of aromatic amines is 1. The molecule has 0 amide bonds. The normalized spacial score (nSPS) is 10.9. The van der Waals surface area contributed by atoms with Crippen molar-refractivity contribution in [2.24, 2.45) is 0 Å². The SMILES string of the molecule is COC(=O)c1ccc2[nH]nc(-c3ncc(-c4cc(C)ccc4F)cn3)c2c1. The molecule has 0 fully saturated rings. The number of H-pyrrole nitrogens is 1. The Morgan fingerprint density at radius 3 is 2.63 bits per heavy atom. The monoisotopic (exact) mass is 362 g/mol. The van der Waals surface area contributed by atoms with Crippen molar-refractivity contribution in [1.29, 1.82) is 0 Å². The summed E-state index contributed by atoms with van der Waals surface area (Å²) in [5.41, 5.74) is 3.63. The number of carbonyl (C=O) groups is 1. The van der Waals surface area contributed by atoms with Gasteiger partial charge in [-0.25, -0.2) is 19.2 Å². The Kier molecular flexibility index (Phi) is 4.12. The summed E-state index contributed by atoms with van der Waals surface area (Å²) in [7, 11) is 1.33. The van der Waals surface area contributed by atoms with Gasteiger partial charge in [0.25, 0.3) is 0 Å². The highest BCUT2D eigenvalue weighted by Gasteiger charge is 2.15. The largest absolute Gasteiger partial charge is 0.465 e. The molecule has 0 bridgehead atoms. The van der Waals surface area contributed by atoms with Gasteiger partial charge in [-0.15, -0.1) is 0 Å². The van der Waals surface area contributed by atoms with E-state index < -0.39 is 5.97 Å². The first-order chi connectivity index (χ1) is 13.1. The maximum absolute atomic E-state index is 14.1. The van der Waals surface area contributed by atoms with Gasteiger partial charge in [0.15, 0.2) is 5.82 Å². The van der Waals surface area contributed by atoms with E-state index in [0.717, 1.165) is 11.1 Å². The Morgan fingerprint density at radius 2 is 1.89 bits per heavy atom. The predicted octanol–water partition coefficient (Wildman–Crippen LogP) is 3.92. The van der Waals surface area contributed by atoms with Crippen molar-refractivity contribution >= 4 is 16.9 Å². The van der Waals surface area contributed by atoms with Gasteiger partial charge < -0.3 is 4.74 Å². The van der Waals surface area contributed by atoms with Gasteiger partial charge >= 0.3 is 5.97 Å². The van der Waals surface area contributed by atoms with Crippen molar-refractivity contribution in [3.63, 3.8) is 0 Å². The van der Waals surface area contributed by atoms with E-state index in [1.165, 1.54) is 13.2 Å². The van der Waals surface area contributed by atoms with Crippen LogP contribution in [0.3, 0.4) is 0 Å². The van der Waals surface area contributed by atoms with Crippen LogP contribution in [0.4, 0.5) is 4.39 Å². The zero-order valence-corrected chi connectivity index (χ0v) is 14.7. The molecule has 7 heteroatoms. The number of fused-ring (bicyclic) bond motifs is 1. The highest BCUT2D eigenvalue weighted by Crippen LogP contribution is 2.27. The number of nitrogens with zero attached hydrogens (tertiary/aromatic N) is 3. The molecular formula is C20H15FN4O2. The van der Waals surface area contributed by atoms with E-state index in [9.17, 15) is 9.18 Å². The molecule has 134 valence electrons. The van der Waals surface area contributed by atoms with Crippen molar-refractivity contribution < 1.29 is 13.9 Å². The molecule has 27 heavy (non-hydrogen) atoms. The molecule has 0 saturated carbocycles. The van der Waals surface area contributed by atoms with Crippen LogP contribution < -0.4 is 0 Å². The first-order valence-corrected chi connectivity index (χ1v) is 8.22. The fourth-order valence-corrected chi connectivity index (χ4v) is 2.88. The average Bonchev–Trinajstić information content (AvgIpc) is 3.12. The number of aryl methyl sites for hydroxylation is 1. The lowest BCUT2D eigenvalue weighted by molar-refractivity contribution is 0.0601. The topological polar surface area (TPSA) is 80.8 Å². The summed E-state index contributed by atoms with van der Waals surface area (Å²) in [6.45, 7) is 1.90. The Morgan fingerprint density at radius 1 is 1.11 bits per heavy atom. The number of rotatable bonds is 3. The first-order valence-electron chi connectivity index (χ1n) is 8.22. The van der Waals surface area contributed by atoms with Crippen LogP contribution in [0.25, 0.3) is 33.5 Å². The van der Waals surface area contributed by atoms with Crippen LogP contribution in [0.5, 0.6) is 0 Å². The third kappa shape index (κ3) is 3.03. The molecule has 4 aromatic rings. The highest BCUT2D eigenvalue weighted by atomic mass is 19.1. The van der Waals surface area contributed by atoms with E-state index in [2.05, 4.69) is 20.2 Å². The van der Waals surface area contributed by atoms with Crippen LogP contribution in [0.15, 0.2) is 48.8 Å². The molecule has 1 N–H and O–H groups in total. The molecule has 2 aromatic heterocycles. The van der Waals surface area contributed by atoms with E-state index in [1.807, 2.05) is 6.92 Å². The van der Waals surface area contributed by atoms with Crippen molar-refractivity contribution in [1.82, 2.24) is 20.2 Å². The van der Waals surface area contributed by atoms with Crippen LogP contribution in [-0.2, 0) is 4.74 Å². The summed E-state index contributed by atoms with van der Waals surface area (Å²) in [6, 6.07) is 9.96. The fraction of sp³-hybridized carbons (Fsp3) is 0.100. The third-order valence-electron chi connectivity index (χ3n) is 4.28. The number of methoxy groups -OCH3 is 1. The summed E-state index contributed by atoms with van der Waals surface area (Å²) in [4.78, 5) is 20.4. The number of aromatic nitrogens is 4. The number of carbonyl (C=O) groups excluding carboxylic acids is 1. The number of benzene rings is 2. The molecule has 4 rings (SSSR count). The maximum Gasteiger partial charge on any atom is 0.337 e. The molecule has 0 aliphatic heterocycles. The smallest absolute Gasteiger partial charge is 0.337 e. The Balaban J connectivity index is 1.76. The molecule has 0 saturated heterocycles. The highest BCUT2D eigenvalue weighted by molar-refractivity contribution is 5.98. The lowest BCUT2D eigenvalue weighted by atomic mass is 10.1. The van der Waals surface area contributed by atoms with Crippen LogP contribution in [-0.4, -0.2) is 33.2 Å². The molecule has 0 radical (unpaired) electrons. The number of esters is 1. The molecule has 6 nitrogen and oxygen atoms in total. The predicted molar refractivity (Wildman–Crippen MR) is 98.6 cm³/mol. The quantitative estimate of drug-likeness (QED) is 0.559. The molecule has 2 heterocycles. The van der Waals surface area contributed by atoms with Crippen LogP contribution in [0.1, 0.15) is 15.9 Å². The van der Waals surface area contributed by atoms with Crippen LogP contribution in [0, 0.1) is 12.7 Å². The number of hydrogen-bond acceptors (Lipinski definition) is 5. The Bertz CT molecular complexity index is 1150. The average molecular weight is 362 g/mol. The van der Waals surface area contributed by atoms with Crippen LogP contribution in [0.2, 0.25) is 0 Å².